The van der Waals surface area contributed by atoms with Crippen molar-refractivity contribution in [1.29, 1.82) is 0 Å². The molecule has 82 valence electrons. The first-order chi connectivity index (χ1) is 7.16. The Morgan fingerprint density at radius 1 is 1.40 bits per heavy atom. The summed E-state index contributed by atoms with van der Waals surface area (Å²) >= 11 is 3.46. The number of pyridine rings is 1. The zero-order chi connectivity index (χ0) is 10.8. The first-order valence-electron chi connectivity index (χ1n) is 5.22. The molecule has 0 amide bonds. The van der Waals surface area contributed by atoms with Crippen LogP contribution in [0.2, 0.25) is 0 Å². The molecule has 4 heteroatoms. The molecule has 1 saturated heterocycles. The lowest BCUT2D eigenvalue weighted by atomic mass is 10.2. The molecule has 15 heavy (non-hydrogen) atoms. The number of aromatic nitrogens is 1. The molecule has 0 radical (unpaired) electrons. The van der Waals surface area contributed by atoms with Crippen LogP contribution >= 0.6 is 15.9 Å². The number of rotatable bonds is 1. The predicted octanol–water partition coefficient (Wildman–Crippen LogP) is 1.98. The number of nitrogens with zero attached hydrogens (tertiary/aromatic N) is 3. The molecule has 1 aliphatic rings. The minimum absolute atomic E-state index is 0.609. The SMILES string of the molecule is CC1CN(c2cncc(Br)c2)CCN1C. The number of hydrogen-bond acceptors (Lipinski definition) is 3. The quantitative estimate of drug-likeness (QED) is 0.778. The van der Waals surface area contributed by atoms with E-state index in [1.165, 1.54) is 5.69 Å². The summed E-state index contributed by atoms with van der Waals surface area (Å²) in [6.45, 7) is 5.54. The van der Waals surface area contributed by atoms with E-state index in [2.05, 4.69) is 50.8 Å². The number of halogens is 1. The molecule has 0 aromatic carbocycles. The van der Waals surface area contributed by atoms with Gasteiger partial charge in [-0.15, -0.1) is 0 Å². The van der Waals surface area contributed by atoms with Gasteiger partial charge in [0.1, 0.15) is 0 Å². The summed E-state index contributed by atoms with van der Waals surface area (Å²) in [7, 11) is 2.18. The molecule has 0 bridgehead atoms. The topological polar surface area (TPSA) is 19.4 Å². The highest BCUT2D eigenvalue weighted by Crippen LogP contribution is 2.20. The maximum Gasteiger partial charge on any atom is 0.0565 e. The Bertz CT molecular complexity index is 342. The summed E-state index contributed by atoms with van der Waals surface area (Å²) in [6.07, 6.45) is 3.76. The van der Waals surface area contributed by atoms with Crippen molar-refractivity contribution in [3.63, 3.8) is 0 Å². The van der Waals surface area contributed by atoms with Crippen molar-refractivity contribution in [1.82, 2.24) is 9.88 Å². The van der Waals surface area contributed by atoms with Crippen LogP contribution in [-0.4, -0.2) is 42.6 Å². The Morgan fingerprint density at radius 3 is 2.87 bits per heavy atom. The van der Waals surface area contributed by atoms with Gasteiger partial charge in [-0.2, -0.15) is 0 Å². The Kier molecular flexibility index (Phi) is 3.26. The molecular formula is C11H16BrN3. The van der Waals surface area contributed by atoms with Gasteiger partial charge < -0.3 is 9.80 Å². The summed E-state index contributed by atoms with van der Waals surface area (Å²) < 4.78 is 1.05. The van der Waals surface area contributed by atoms with Crippen LogP contribution in [-0.2, 0) is 0 Å². The molecule has 3 nitrogen and oxygen atoms in total. The van der Waals surface area contributed by atoms with Crippen LogP contribution in [0.1, 0.15) is 6.92 Å². The van der Waals surface area contributed by atoms with Gasteiger partial charge >= 0.3 is 0 Å². The Balaban J connectivity index is 2.12. The maximum atomic E-state index is 4.20. The van der Waals surface area contributed by atoms with Gasteiger partial charge in [-0.05, 0) is 36.0 Å². The molecule has 0 saturated carbocycles. The highest BCUT2D eigenvalue weighted by atomic mass is 79.9. The van der Waals surface area contributed by atoms with Crippen molar-refractivity contribution in [2.75, 3.05) is 31.6 Å². The van der Waals surface area contributed by atoms with E-state index in [1.54, 1.807) is 0 Å². The third-order valence-electron chi connectivity index (χ3n) is 3.02. The molecule has 1 aliphatic heterocycles. The highest BCUT2D eigenvalue weighted by Gasteiger charge is 2.20. The molecule has 1 aromatic rings. The van der Waals surface area contributed by atoms with E-state index >= 15 is 0 Å². The number of anilines is 1. The predicted molar refractivity (Wildman–Crippen MR) is 66.2 cm³/mol. The van der Waals surface area contributed by atoms with Crippen molar-refractivity contribution in [2.24, 2.45) is 0 Å². The van der Waals surface area contributed by atoms with Crippen molar-refractivity contribution in [3.05, 3.63) is 22.9 Å². The van der Waals surface area contributed by atoms with E-state index in [-0.39, 0.29) is 0 Å². The lowest BCUT2D eigenvalue weighted by Crippen LogP contribution is -2.50. The number of likely N-dealkylation sites (N-methyl/N-ethyl adjacent to an activating group) is 1. The monoisotopic (exact) mass is 269 g/mol. The Morgan fingerprint density at radius 2 is 2.20 bits per heavy atom. The lowest BCUT2D eigenvalue weighted by Gasteiger charge is -2.38. The van der Waals surface area contributed by atoms with Crippen LogP contribution in [0.5, 0.6) is 0 Å². The van der Waals surface area contributed by atoms with E-state index in [1.807, 2.05) is 12.4 Å². The molecule has 0 aliphatic carbocycles. The third kappa shape index (κ3) is 2.49. The number of piperazine rings is 1. The Hall–Kier alpha value is -0.610. The van der Waals surface area contributed by atoms with Gasteiger partial charge in [-0.1, -0.05) is 0 Å². The highest BCUT2D eigenvalue weighted by molar-refractivity contribution is 9.10. The van der Waals surface area contributed by atoms with Crippen molar-refractivity contribution >= 4 is 21.6 Å². The van der Waals surface area contributed by atoms with Crippen LogP contribution in [0.15, 0.2) is 22.9 Å². The van der Waals surface area contributed by atoms with Gasteiger partial charge in [0.25, 0.3) is 0 Å². The fourth-order valence-electron chi connectivity index (χ4n) is 1.86. The molecule has 0 N–H and O–H groups in total. The first-order valence-corrected chi connectivity index (χ1v) is 6.02. The first kappa shape index (κ1) is 10.9. The molecule has 2 heterocycles. The summed E-state index contributed by atoms with van der Waals surface area (Å²) in [5.74, 6) is 0. The summed E-state index contributed by atoms with van der Waals surface area (Å²) in [5.41, 5.74) is 1.21. The van der Waals surface area contributed by atoms with E-state index in [0.717, 1.165) is 24.1 Å². The summed E-state index contributed by atoms with van der Waals surface area (Å²) in [6, 6.07) is 2.74. The maximum absolute atomic E-state index is 4.20. The van der Waals surface area contributed by atoms with Crippen molar-refractivity contribution in [3.8, 4) is 0 Å². The second kappa shape index (κ2) is 4.49. The van der Waals surface area contributed by atoms with Crippen molar-refractivity contribution in [2.45, 2.75) is 13.0 Å². The van der Waals surface area contributed by atoms with Crippen molar-refractivity contribution < 1.29 is 0 Å². The van der Waals surface area contributed by atoms with Crippen LogP contribution in [0.4, 0.5) is 5.69 Å². The fraction of sp³-hybridized carbons (Fsp3) is 0.545. The fourth-order valence-corrected chi connectivity index (χ4v) is 2.21. The van der Waals surface area contributed by atoms with Crippen LogP contribution < -0.4 is 4.90 Å². The average molecular weight is 270 g/mol. The molecule has 1 aromatic heterocycles. The summed E-state index contributed by atoms with van der Waals surface area (Å²) in [4.78, 5) is 8.98. The lowest BCUT2D eigenvalue weighted by molar-refractivity contribution is 0.234. The molecule has 1 unspecified atom stereocenters. The molecular weight excluding hydrogens is 254 g/mol. The van der Waals surface area contributed by atoms with Gasteiger partial charge in [0.2, 0.25) is 0 Å². The second-order valence-electron chi connectivity index (χ2n) is 4.14. The molecule has 2 rings (SSSR count). The van der Waals surface area contributed by atoms with Gasteiger partial charge in [-0.25, -0.2) is 0 Å². The minimum atomic E-state index is 0.609. The van der Waals surface area contributed by atoms with Gasteiger partial charge in [0, 0.05) is 36.3 Å². The van der Waals surface area contributed by atoms with E-state index in [0.29, 0.717) is 6.04 Å². The van der Waals surface area contributed by atoms with Gasteiger partial charge in [0.05, 0.1) is 11.9 Å². The van der Waals surface area contributed by atoms with Gasteiger partial charge in [0.15, 0.2) is 0 Å². The van der Waals surface area contributed by atoms with Crippen LogP contribution in [0, 0.1) is 0 Å². The Labute approximate surface area is 99.2 Å². The van der Waals surface area contributed by atoms with E-state index < -0.39 is 0 Å². The van der Waals surface area contributed by atoms with Gasteiger partial charge in [-0.3, -0.25) is 4.98 Å². The molecule has 1 fully saturated rings. The minimum Gasteiger partial charge on any atom is -0.367 e. The normalized spacial score (nSPS) is 23.1. The largest absolute Gasteiger partial charge is 0.367 e. The van der Waals surface area contributed by atoms with Crippen LogP contribution in [0.3, 0.4) is 0 Å². The zero-order valence-electron chi connectivity index (χ0n) is 9.15. The standard InChI is InChI=1S/C11H16BrN3/c1-9-8-15(4-3-14(9)2)11-5-10(12)6-13-7-11/h5-7,9H,3-4,8H2,1-2H3. The second-order valence-corrected chi connectivity index (χ2v) is 5.05. The third-order valence-corrected chi connectivity index (χ3v) is 3.45. The summed E-state index contributed by atoms with van der Waals surface area (Å²) in [5, 5.41) is 0. The van der Waals surface area contributed by atoms with E-state index in [9.17, 15) is 0 Å². The molecule has 0 spiro atoms. The number of hydrogen-bond donors (Lipinski definition) is 0. The van der Waals surface area contributed by atoms with Crippen LogP contribution in [0.25, 0.3) is 0 Å². The van der Waals surface area contributed by atoms with E-state index in [4.69, 9.17) is 0 Å². The molecule has 1 atom stereocenters. The average Bonchev–Trinajstić information content (AvgIpc) is 2.22. The smallest absolute Gasteiger partial charge is 0.0565 e. The zero-order valence-corrected chi connectivity index (χ0v) is 10.7.